The molecule has 6 unspecified atom stereocenters. The number of carbonyl (C=O) groups excluding carboxylic acids is 5. The lowest BCUT2D eigenvalue weighted by molar-refractivity contribution is -0.357. The number of aliphatic carboxylic acids is 1. The van der Waals surface area contributed by atoms with Gasteiger partial charge in [-0.1, -0.05) is 6.92 Å². The smallest absolute Gasteiger partial charge is 0.364 e. The SMILES string of the molecule is CNC(=O)CCCCN1C(=O)CC(SCCC(=O)NCCO[C@@H]2OC(CO)[C@H](O)C(O[C@@H]3OC(CO[C@]4(C(=O)O)C[C@@H](O)[C@@H](C)C([C@H](O)[C@H](O)CO)O4)[C@@H](O)C(O)[C@@H]3NC(C)=O)[C@@H]2O)C1=O. The predicted octanol–water partition coefficient (Wildman–Crippen LogP) is -6.64. The van der Waals surface area contributed by atoms with Gasteiger partial charge in [-0.3, -0.25) is 28.9 Å². The van der Waals surface area contributed by atoms with Crippen LogP contribution in [0.3, 0.4) is 0 Å². The third kappa shape index (κ3) is 13.9. The number of likely N-dealkylation sites (tertiary alicyclic amines) is 1. The van der Waals surface area contributed by atoms with Crippen molar-refractivity contribution in [2.75, 3.05) is 52.3 Å². The van der Waals surface area contributed by atoms with Crippen molar-refractivity contribution in [1.29, 1.82) is 0 Å². The lowest BCUT2D eigenvalue weighted by Gasteiger charge is -2.48. The maximum absolute atomic E-state index is 12.8. The highest BCUT2D eigenvalue weighted by Gasteiger charge is 2.56. The molecule has 0 aromatic heterocycles. The van der Waals surface area contributed by atoms with E-state index in [9.17, 15) is 79.8 Å². The van der Waals surface area contributed by atoms with Crippen molar-refractivity contribution in [3.05, 3.63) is 0 Å². The van der Waals surface area contributed by atoms with E-state index in [4.69, 9.17) is 28.4 Å². The van der Waals surface area contributed by atoms with E-state index in [0.29, 0.717) is 12.8 Å². The van der Waals surface area contributed by atoms with Crippen LogP contribution < -0.4 is 16.0 Å². The fourth-order valence-electron chi connectivity index (χ4n) is 7.80. The number of carbonyl (C=O) groups is 6. The Morgan fingerprint density at radius 2 is 1.64 bits per heavy atom. The van der Waals surface area contributed by atoms with Crippen molar-refractivity contribution in [3.8, 4) is 0 Å². The summed E-state index contributed by atoms with van der Waals surface area (Å²) in [6.45, 7) is -0.475. The highest BCUT2D eigenvalue weighted by atomic mass is 32.2. The van der Waals surface area contributed by atoms with Gasteiger partial charge in [-0.15, -0.1) is 11.8 Å². The van der Waals surface area contributed by atoms with Gasteiger partial charge in [0.1, 0.15) is 61.0 Å². The number of amides is 5. The second kappa shape index (κ2) is 25.4. The molecule has 378 valence electrons. The molecule has 13 N–H and O–H groups in total. The first-order chi connectivity index (χ1) is 31.2. The second-order valence-corrected chi connectivity index (χ2v) is 17.7. The van der Waals surface area contributed by atoms with Crippen LogP contribution in [0, 0.1) is 5.92 Å². The van der Waals surface area contributed by atoms with Gasteiger partial charge in [0, 0.05) is 64.4 Å². The number of hydrogen-bond acceptors (Lipinski definition) is 22. The highest BCUT2D eigenvalue weighted by Crippen LogP contribution is 2.38. The summed E-state index contributed by atoms with van der Waals surface area (Å²) in [6.07, 6.45) is -22.3. The van der Waals surface area contributed by atoms with Crippen molar-refractivity contribution >= 4 is 47.3 Å². The Kier molecular flexibility index (Phi) is 21.3. The van der Waals surface area contributed by atoms with Gasteiger partial charge in [0.25, 0.3) is 5.79 Å². The van der Waals surface area contributed by atoms with E-state index < -0.39 is 147 Å². The molecule has 0 saturated carbocycles. The Labute approximate surface area is 383 Å². The molecule has 0 aliphatic carbocycles. The quantitative estimate of drug-likeness (QED) is 0.0316. The monoisotopic (exact) mass is 972 g/mol. The van der Waals surface area contributed by atoms with Gasteiger partial charge >= 0.3 is 5.97 Å². The van der Waals surface area contributed by atoms with Crippen LogP contribution in [-0.4, -0.2) is 241 Å². The molecule has 0 radical (unpaired) electrons. The van der Waals surface area contributed by atoms with E-state index >= 15 is 0 Å². The highest BCUT2D eigenvalue weighted by molar-refractivity contribution is 8.00. The van der Waals surface area contributed by atoms with Gasteiger partial charge in [-0.05, 0) is 12.8 Å². The molecule has 4 aliphatic rings. The largest absolute Gasteiger partial charge is 0.477 e. The molecule has 0 aromatic rings. The number of aliphatic hydroxyl groups is 9. The molecule has 17 atom stereocenters. The summed E-state index contributed by atoms with van der Waals surface area (Å²) < 4.78 is 34.1. The number of nitrogens with zero attached hydrogens (tertiary/aromatic N) is 1. The van der Waals surface area contributed by atoms with Gasteiger partial charge in [0.2, 0.25) is 29.5 Å². The van der Waals surface area contributed by atoms with Crippen LogP contribution in [0.4, 0.5) is 0 Å². The summed E-state index contributed by atoms with van der Waals surface area (Å²) in [5.74, 6) is -7.33. The summed E-state index contributed by atoms with van der Waals surface area (Å²) in [4.78, 5) is 75.1. The molecule has 27 heteroatoms. The molecule has 4 saturated heterocycles. The molecule has 4 heterocycles. The number of carboxylic acids is 1. The second-order valence-electron chi connectivity index (χ2n) is 16.4. The number of aliphatic hydroxyl groups excluding tert-OH is 9. The van der Waals surface area contributed by atoms with E-state index in [1.54, 1.807) is 0 Å². The van der Waals surface area contributed by atoms with Crippen molar-refractivity contribution in [1.82, 2.24) is 20.9 Å². The minimum atomic E-state index is -2.74. The number of imide groups is 1. The predicted molar refractivity (Wildman–Crippen MR) is 220 cm³/mol. The Balaban J connectivity index is 1.34. The van der Waals surface area contributed by atoms with Crippen LogP contribution in [0.5, 0.6) is 0 Å². The average Bonchev–Trinajstić information content (AvgIpc) is 3.55. The van der Waals surface area contributed by atoms with Gasteiger partial charge in [0.05, 0.1) is 43.9 Å². The minimum Gasteiger partial charge on any atom is -0.477 e. The first-order valence-electron chi connectivity index (χ1n) is 21.5. The van der Waals surface area contributed by atoms with E-state index in [0.717, 1.165) is 18.7 Å². The fraction of sp³-hybridized carbons (Fsp3) is 0.846. The minimum absolute atomic E-state index is 0.00810. The van der Waals surface area contributed by atoms with E-state index in [-0.39, 0.29) is 62.4 Å². The van der Waals surface area contributed by atoms with Crippen molar-refractivity contribution < 1.29 is 108 Å². The summed E-state index contributed by atoms with van der Waals surface area (Å²) in [7, 11) is 1.52. The number of ether oxygens (including phenoxy) is 6. The maximum atomic E-state index is 12.8. The molecule has 66 heavy (non-hydrogen) atoms. The summed E-state index contributed by atoms with van der Waals surface area (Å²) in [5, 5.41) is 112. The average molecular weight is 973 g/mol. The molecule has 4 fully saturated rings. The Hall–Kier alpha value is -3.23. The van der Waals surface area contributed by atoms with Crippen LogP contribution in [0.25, 0.3) is 0 Å². The van der Waals surface area contributed by atoms with Crippen LogP contribution in [0.2, 0.25) is 0 Å². The molecule has 0 spiro atoms. The molecule has 0 bridgehead atoms. The Bertz CT molecular complexity index is 1650. The van der Waals surface area contributed by atoms with E-state index in [1.165, 1.54) is 18.9 Å². The zero-order chi connectivity index (χ0) is 49.0. The molecular weight excluding hydrogens is 909 g/mol. The lowest BCUT2D eigenvalue weighted by atomic mass is 9.84. The summed E-state index contributed by atoms with van der Waals surface area (Å²) in [5.41, 5.74) is 0. The normalized spacial score (nSPS) is 35.8. The molecule has 4 aliphatic heterocycles. The summed E-state index contributed by atoms with van der Waals surface area (Å²) in [6, 6.07) is -1.62. The van der Waals surface area contributed by atoms with Crippen molar-refractivity contribution in [3.63, 3.8) is 0 Å². The number of unbranched alkanes of at least 4 members (excludes halogenated alkanes) is 1. The summed E-state index contributed by atoms with van der Waals surface area (Å²) >= 11 is 1.16. The Morgan fingerprint density at radius 3 is 2.27 bits per heavy atom. The Morgan fingerprint density at radius 1 is 0.939 bits per heavy atom. The lowest BCUT2D eigenvalue weighted by Crippen LogP contribution is -2.68. The first-order valence-corrected chi connectivity index (χ1v) is 22.6. The number of nitrogens with one attached hydrogen (secondary N) is 3. The van der Waals surface area contributed by atoms with Gasteiger partial charge in [-0.25, -0.2) is 4.79 Å². The van der Waals surface area contributed by atoms with Crippen LogP contribution in [0.1, 0.15) is 52.4 Å². The number of thioether (sulfide) groups is 1. The first kappa shape index (κ1) is 55.4. The van der Waals surface area contributed by atoms with Crippen molar-refractivity contribution in [2.24, 2.45) is 5.92 Å². The molecular formula is C39H64N4O22S. The van der Waals surface area contributed by atoms with E-state index in [1.807, 2.05) is 0 Å². The van der Waals surface area contributed by atoms with Crippen molar-refractivity contribution in [2.45, 2.75) is 149 Å². The molecule has 4 rings (SSSR count). The third-order valence-corrected chi connectivity index (χ3v) is 12.9. The molecule has 26 nitrogen and oxygen atoms in total. The van der Waals surface area contributed by atoms with Crippen LogP contribution >= 0.6 is 11.8 Å². The number of hydrogen-bond donors (Lipinski definition) is 13. The number of carboxylic acid groups (broad SMARTS) is 1. The third-order valence-electron chi connectivity index (χ3n) is 11.7. The standard InChI is InChI=1S/C39H64N4O22S/c1-17-19(47)13-39(38(58)59,65-33(17)28(52)20(48)14-44)61-16-22-29(53)31(55)27(42-18(2)46)36(63-22)64-34-30(54)21(15-45)62-37(32(34)56)60-10-8-41-25(50)7-11-66-23-12-26(51)43(35(23)57)9-5-4-6-24(49)40-3/h17,19-23,27-34,36-37,44-45,47-48,52-56H,4-16H2,1-3H3,(H,40,49)(H,41,50)(H,42,46)(H,58,59)/t17-,19-,20-,21?,22?,23?,27+,28-,29-,30+,31?,32+,33?,34?,36+,37-,39-/m1/s1. The zero-order valence-electron chi connectivity index (χ0n) is 36.7. The van der Waals surface area contributed by atoms with Crippen LogP contribution in [-0.2, 0) is 57.2 Å². The fourth-order valence-corrected chi connectivity index (χ4v) is 8.92. The topological polar surface area (TPSA) is 399 Å². The molecule has 0 aromatic carbocycles. The van der Waals surface area contributed by atoms with Gasteiger partial charge in [-0.2, -0.15) is 0 Å². The van der Waals surface area contributed by atoms with E-state index in [2.05, 4.69) is 16.0 Å². The zero-order valence-corrected chi connectivity index (χ0v) is 37.5. The van der Waals surface area contributed by atoms with Gasteiger partial charge < -0.3 is 95.4 Å². The number of rotatable bonds is 24. The maximum Gasteiger partial charge on any atom is 0.364 e. The van der Waals surface area contributed by atoms with Crippen LogP contribution in [0.15, 0.2) is 0 Å². The van der Waals surface area contributed by atoms with Gasteiger partial charge in [0.15, 0.2) is 12.6 Å². The molecule has 5 amide bonds.